The first-order valence-corrected chi connectivity index (χ1v) is 23.9. The predicted molar refractivity (Wildman–Crippen MR) is 284 cm³/mol. The van der Waals surface area contributed by atoms with Crippen LogP contribution in [0.5, 0.6) is 0 Å². The molecule has 0 atom stereocenters. The van der Waals surface area contributed by atoms with Crippen molar-refractivity contribution < 1.29 is 8.78 Å². The van der Waals surface area contributed by atoms with Crippen LogP contribution in [0.25, 0.3) is 123 Å². The molecule has 14 rings (SSSR count). The second-order valence-corrected chi connectivity index (χ2v) is 18.2. The Morgan fingerprint density at radius 2 is 0.817 bits per heavy atom. The lowest BCUT2D eigenvalue weighted by Crippen LogP contribution is -2.03. The molecular formula is C63H40F2N6. The molecule has 1 aliphatic rings. The Bertz CT molecular complexity index is 4180. The smallest absolute Gasteiger partial charge is 0.164 e. The van der Waals surface area contributed by atoms with E-state index < -0.39 is 11.6 Å². The Kier molecular flexibility index (Phi) is 9.29. The highest BCUT2D eigenvalue weighted by Crippen LogP contribution is 2.42. The summed E-state index contributed by atoms with van der Waals surface area (Å²) >= 11 is 0. The van der Waals surface area contributed by atoms with Crippen molar-refractivity contribution >= 4 is 60.6 Å². The van der Waals surface area contributed by atoms with Crippen LogP contribution in [-0.4, -0.2) is 28.7 Å². The number of aromatic nitrogens is 6. The zero-order valence-corrected chi connectivity index (χ0v) is 38.1. The molecular weight excluding hydrogens is 879 g/mol. The lowest BCUT2D eigenvalue weighted by molar-refractivity contribution is 0.584. The second-order valence-electron chi connectivity index (χ2n) is 18.2. The highest BCUT2D eigenvalue weighted by Gasteiger charge is 2.23. The molecule has 4 heterocycles. The normalized spacial score (nSPS) is 12.5. The van der Waals surface area contributed by atoms with Gasteiger partial charge in [-0.25, -0.2) is 23.7 Å². The van der Waals surface area contributed by atoms with Gasteiger partial charge in [-0.3, -0.25) is 0 Å². The van der Waals surface area contributed by atoms with E-state index in [0.717, 1.165) is 85.5 Å². The van der Waals surface area contributed by atoms with E-state index in [2.05, 4.69) is 141 Å². The lowest BCUT2D eigenvalue weighted by atomic mass is 9.97. The molecule has 0 unspecified atom stereocenters. The molecule has 13 aromatic rings. The zero-order valence-electron chi connectivity index (χ0n) is 38.1. The number of aryl methyl sites for hydroxylation is 1. The van der Waals surface area contributed by atoms with Crippen LogP contribution >= 0.6 is 0 Å². The first-order valence-electron chi connectivity index (χ1n) is 23.9. The fourth-order valence-electron chi connectivity index (χ4n) is 11.0. The van der Waals surface area contributed by atoms with Crippen LogP contribution in [0.4, 0.5) is 8.78 Å². The van der Waals surface area contributed by atoms with Crippen LogP contribution in [0.2, 0.25) is 0 Å². The molecule has 0 aliphatic heterocycles. The molecule has 6 nitrogen and oxygen atoms in total. The van der Waals surface area contributed by atoms with Crippen molar-refractivity contribution in [3.63, 3.8) is 0 Å². The van der Waals surface area contributed by atoms with E-state index in [1.807, 2.05) is 72.8 Å². The maximum absolute atomic E-state index is 15.3. The third kappa shape index (κ3) is 6.63. The third-order valence-corrected chi connectivity index (χ3v) is 14.1. The summed E-state index contributed by atoms with van der Waals surface area (Å²) in [7, 11) is 0. The van der Waals surface area contributed by atoms with Gasteiger partial charge >= 0.3 is 0 Å². The summed E-state index contributed by atoms with van der Waals surface area (Å²) in [6.07, 6.45) is 6.51. The Morgan fingerprint density at radius 3 is 1.42 bits per heavy atom. The predicted octanol–water partition coefficient (Wildman–Crippen LogP) is 15.9. The number of allylic oxidation sites excluding steroid dienone is 1. The van der Waals surface area contributed by atoms with Gasteiger partial charge in [-0.2, -0.15) is 0 Å². The standard InChI is InChI=1S/C63H40F2N6/c64-42-33-41(34-43(65)35-42)47-30-27-44(36-54(47)63-67-61(39-15-3-1-4-16-39)66-62(68-63)40-17-5-2-6-18-40)71-59-37-45(69-55-23-11-7-19-48(55)49-20-8-12-24-56(49)69)28-31-52(59)53-32-29-46(38-60(53)71)70-57-25-13-9-21-50(57)51-22-10-14-26-58(51)70/h1-9,11-21,23-38H,10,22H2. The molecule has 0 spiro atoms. The quantitative estimate of drug-likeness (QED) is 0.160. The molecule has 4 aromatic heterocycles. The monoisotopic (exact) mass is 918 g/mol. The van der Waals surface area contributed by atoms with Crippen LogP contribution in [0.15, 0.2) is 212 Å². The lowest BCUT2D eigenvalue weighted by Gasteiger charge is -2.17. The highest BCUT2D eigenvalue weighted by molar-refractivity contribution is 6.12. The largest absolute Gasteiger partial charge is 0.310 e. The molecule has 0 fully saturated rings. The van der Waals surface area contributed by atoms with E-state index >= 15 is 8.78 Å². The van der Waals surface area contributed by atoms with Gasteiger partial charge < -0.3 is 13.7 Å². The van der Waals surface area contributed by atoms with Crippen LogP contribution in [0.3, 0.4) is 0 Å². The molecule has 1 aliphatic carbocycles. The highest BCUT2D eigenvalue weighted by atomic mass is 19.1. The number of hydrogen-bond acceptors (Lipinski definition) is 3. The molecule has 71 heavy (non-hydrogen) atoms. The van der Waals surface area contributed by atoms with Gasteiger partial charge in [0.2, 0.25) is 0 Å². The summed E-state index contributed by atoms with van der Waals surface area (Å²) in [5, 5.41) is 5.78. The third-order valence-electron chi connectivity index (χ3n) is 14.1. The van der Waals surface area contributed by atoms with Gasteiger partial charge in [-0.1, -0.05) is 140 Å². The molecule has 336 valence electrons. The van der Waals surface area contributed by atoms with Crippen molar-refractivity contribution in [3.05, 3.63) is 235 Å². The number of fused-ring (bicyclic) bond motifs is 9. The number of halogens is 2. The van der Waals surface area contributed by atoms with E-state index in [1.165, 1.54) is 39.5 Å². The van der Waals surface area contributed by atoms with Crippen molar-refractivity contribution in [2.75, 3.05) is 0 Å². The van der Waals surface area contributed by atoms with Gasteiger partial charge in [-0.05, 0) is 102 Å². The number of benzene rings is 9. The van der Waals surface area contributed by atoms with Gasteiger partial charge in [0.15, 0.2) is 17.5 Å². The minimum atomic E-state index is -0.678. The SMILES string of the molecule is Fc1cc(F)cc(-c2ccc(-n3c4cc(-n5c6c(c7ccccc75)CCC=C6)ccc4c4ccc(-n5c6ccccc6c6ccccc65)cc43)cc2-c2nc(-c3ccccc3)nc(-c3ccccc3)n2)c1. The molecule has 8 heteroatoms. The first kappa shape index (κ1) is 40.8. The summed E-state index contributed by atoms with van der Waals surface area (Å²) in [6, 6.07) is 68.5. The van der Waals surface area contributed by atoms with Gasteiger partial charge in [0, 0.05) is 72.4 Å². The van der Waals surface area contributed by atoms with E-state index in [4.69, 9.17) is 15.0 Å². The second kappa shape index (κ2) is 16.2. The van der Waals surface area contributed by atoms with Crippen molar-refractivity contribution in [2.24, 2.45) is 0 Å². The molecule has 0 amide bonds. The number of nitrogens with zero attached hydrogens (tertiary/aromatic N) is 6. The zero-order chi connectivity index (χ0) is 47.2. The number of hydrogen-bond donors (Lipinski definition) is 0. The maximum Gasteiger partial charge on any atom is 0.164 e. The van der Waals surface area contributed by atoms with Crippen LogP contribution < -0.4 is 0 Å². The van der Waals surface area contributed by atoms with Gasteiger partial charge in [-0.15, -0.1) is 0 Å². The van der Waals surface area contributed by atoms with Crippen LogP contribution in [0, 0.1) is 11.6 Å². The first-order chi connectivity index (χ1) is 35.0. The summed E-state index contributed by atoms with van der Waals surface area (Å²) in [5.41, 5.74) is 13.9. The van der Waals surface area contributed by atoms with Crippen LogP contribution in [0.1, 0.15) is 17.7 Å². The molecule has 0 saturated carbocycles. The van der Waals surface area contributed by atoms with Crippen molar-refractivity contribution in [1.29, 1.82) is 0 Å². The van der Waals surface area contributed by atoms with Crippen molar-refractivity contribution in [3.8, 4) is 62.4 Å². The van der Waals surface area contributed by atoms with Gasteiger partial charge in [0.05, 0.1) is 27.6 Å². The number of rotatable bonds is 7. The minimum absolute atomic E-state index is 0.363. The van der Waals surface area contributed by atoms with Gasteiger partial charge in [0.25, 0.3) is 0 Å². The summed E-state index contributed by atoms with van der Waals surface area (Å²) in [4.78, 5) is 15.3. The van der Waals surface area contributed by atoms with E-state index in [-0.39, 0.29) is 0 Å². The summed E-state index contributed by atoms with van der Waals surface area (Å²) in [6.45, 7) is 0. The fourth-order valence-corrected chi connectivity index (χ4v) is 11.0. The Labute approximate surface area is 406 Å². The van der Waals surface area contributed by atoms with Gasteiger partial charge in [0.1, 0.15) is 11.6 Å². The molecule has 0 bridgehead atoms. The Balaban J connectivity index is 1.08. The van der Waals surface area contributed by atoms with Crippen LogP contribution in [-0.2, 0) is 6.42 Å². The Hall–Kier alpha value is -9.27. The van der Waals surface area contributed by atoms with E-state index in [9.17, 15) is 0 Å². The average Bonchev–Trinajstić information content (AvgIpc) is 4.06. The molecule has 0 saturated heterocycles. The number of para-hydroxylation sites is 3. The minimum Gasteiger partial charge on any atom is -0.310 e. The summed E-state index contributed by atoms with van der Waals surface area (Å²) < 4.78 is 37.6. The fraction of sp³-hybridized carbons (Fsp3) is 0.0317. The topological polar surface area (TPSA) is 53.5 Å². The van der Waals surface area contributed by atoms with E-state index in [1.54, 1.807) is 0 Å². The van der Waals surface area contributed by atoms with E-state index in [0.29, 0.717) is 34.2 Å². The summed E-state index contributed by atoms with van der Waals surface area (Å²) in [5.74, 6) is -0.0379. The molecule has 9 aromatic carbocycles. The molecule has 0 N–H and O–H groups in total. The average molecular weight is 919 g/mol. The van der Waals surface area contributed by atoms with Crippen molar-refractivity contribution in [1.82, 2.24) is 28.7 Å². The maximum atomic E-state index is 15.3. The molecule has 0 radical (unpaired) electrons. The Morgan fingerprint density at radius 1 is 0.352 bits per heavy atom. The van der Waals surface area contributed by atoms with Crippen molar-refractivity contribution in [2.45, 2.75) is 12.8 Å².